The van der Waals surface area contributed by atoms with E-state index in [2.05, 4.69) is 10.6 Å². The number of carbonyl (C=O) groups excluding carboxylic acids is 1. The molecule has 0 aromatic heterocycles. The van der Waals surface area contributed by atoms with Crippen LogP contribution in [0.25, 0.3) is 0 Å². The van der Waals surface area contributed by atoms with Crippen molar-refractivity contribution in [2.45, 2.75) is 26.3 Å². The first kappa shape index (κ1) is 15.4. The number of halogens is 3. The molecule has 0 aliphatic carbocycles. The van der Waals surface area contributed by atoms with E-state index in [1.54, 1.807) is 19.1 Å². The highest BCUT2D eigenvalue weighted by molar-refractivity contribution is 6.44. The Balaban J connectivity index is 2.72. The number of amides is 1. The van der Waals surface area contributed by atoms with Crippen LogP contribution in [-0.2, 0) is 4.79 Å². The van der Waals surface area contributed by atoms with Crippen molar-refractivity contribution in [2.24, 2.45) is 0 Å². The minimum atomic E-state index is -0.397. The molecule has 2 N–H and O–H groups in total. The molecule has 0 heterocycles. The molecular weight excluding hydrogens is 295 g/mol. The maximum Gasteiger partial charge on any atom is 0.242 e. The summed E-state index contributed by atoms with van der Waals surface area (Å²) < 4.78 is 0. The van der Waals surface area contributed by atoms with Gasteiger partial charge in [0.05, 0.1) is 20.8 Å². The molecule has 0 aliphatic heterocycles. The van der Waals surface area contributed by atoms with E-state index >= 15 is 0 Å². The number of rotatable bonds is 5. The monoisotopic (exact) mass is 308 g/mol. The molecule has 6 heteroatoms. The third-order valence-corrected chi connectivity index (χ3v) is 3.36. The molecule has 0 saturated carbocycles. The lowest BCUT2D eigenvalue weighted by atomic mass is 10.2. The molecule has 1 aromatic rings. The van der Waals surface area contributed by atoms with Gasteiger partial charge in [-0.25, -0.2) is 0 Å². The van der Waals surface area contributed by atoms with E-state index in [1.807, 2.05) is 6.92 Å². The van der Waals surface area contributed by atoms with Crippen molar-refractivity contribution < 1.29 is 4.79 Å². The van der Waals surface area contributed by atoms with Gasteiger partial charge in [0.25, 0.3) is 0 Å². The van der Waals surface area contributed by atoms with Crippen LogP contribution < -0.4 is 10.6 Å². The van der Waals surface area contributed by atoms with Crippen LogP contribution >= 0.6 is 34.8 Å². The Morgan fingerprint density at radius 1 is 1.22 bits per heavy atom. The standard InChI is InChI=1S/C12H15Cl3N2O/c1-3-4-16-12(18)7(2)17-11-6-9(14)8(13)5-10(11)15/h5-7,17H,3-4H2,1-2H3,(H,16,18). The second kappa shape index (κ2) is 7.07. The van der Waals surface area contributed by atoms with Gasteiger partial charge in [-0.05, 0) is 25.5 Å². The quantitative estimate of drug-likeness (QED) is 0.808. The van der Waals surface area contributed by atoms with Crippen LogP contribution in [0.4, 0.5) is 5.69 Å². The van der Waals surface area contributed by atoms with E-state index in [9.17, 15) is 4.79 Å². The first-order valence-corrected chi connectivity index (χ1v) is 6.78. The summed E-state index contributed by atoms with van der Waals surface area (Å²) in [4.78, 5) is 11.7. The highest BCUT2D eigenvalue weighted by Gasteiger charge is 2.14. The first-order valence-electron chi connectivity index (χ1n) is 5.64. The fourth-order valence-electron chi connectivity index (χ4n) is 1.33. The molecule has 0 aliphatic rings. The molecule has 0 saturated heterocycles. The molecule has 1 amide bonds. The molecule has 3 nitrogen and oxygen atoms in total. The van der Waals surface area contributed by atoms with E-state index < -0.39 is 6.04 Å². The predicted molar refractivity (Wildman–Crippen MR) is 77.9 cm³/mol. The van der Waals surface area contributed by atoms with E-state index in [0.717, 1.165) is 6.42 Å². The summed E-state index contributed by atoms with van der Waals surface area (Å²) in [6.07, 6.45) is 0.895. The molecule has 0 bridgehead atoms. The second-order valence-electron chi connectivity index (χ2n) is 3.90. The van der Waals surface area contributed by atoms with Crippen molar-refractivity contribution >= 4 is 46.4 Å². The maximum absolute atomic E-state index is 11.7. The summed E-state index contributed by atoms with van der Waals surface area (Å²) in [5.74, 6) is -0.0843. The second-order valence-corrected chi connectivity index (χ2v) is 5.12. The Kier molecular flexibility index (Phi) is 6.06. The maximum atomic E-state index is 11.7. The van der Waals surface area contributed by atoms with Gasteiger partial charge in [-0.2, -0.15) is 0 Å². The third kappa shape index (κ3) is 4.23. The van der Waals surface area contributed by atoms with Gasteiger partial charge in [0, 0.05) is 6.54 Å². The summed E-state index contributed by atoms with van der Waals surface area (Å²) in [5.41, 5.74) is 0.588. The van der Waals surface area contributed by atoms with Crippen LogP contribution in [0.1, 0.15) is 20.3 Å². The van der Waals surface area contributed by atoms with Gasteiger partial charge >= 0.3 is 0 Å². The molecule has 1 aromatic carbocycles. The Morgan fingerprint density at radius 2 is 1.83 bits per heavy atom. The molecule has 18 heavy (non-hydrogen) atoms. The molecule has 1 atom stereocenters. The number of benzene rings is 1. The van der Waals surface area contributed by atoms with Crippen molar-refractivity contribution in [2.75, 3.05) is 11.9 Å². The average Bonchev–Trinajstić information content (AvgIpc) is 2.32. The number of hydrogen-bond acceptors (Lipinski definition) is 2. The van der Waals surface area contributed by atoms with Crippen LogP contribution in [0.2, 0.25) is 15.1 Å². The lowest BCUT2D eigenvalue weighted by molar-refractivity contribution is -0.121. The van der Waals surface area contributed by atoms with Gasteiger partial charge in [0.15, 0.2) is 0 Å². The zero-order valence-electron chi connectivity index (χ0n) is 10.2. The number of carbonyl (C=O) groups is 1. The summed E-state index contributed by atoms with van der Waals surface area (Å²) >= 11 is 17.7. The highest BCUT2D eigenvalue weighted by atomic mass is 35.5. The molecule has 0 fully saturated rings. The van der Waals surface area contributed by atoms with E-state index in [1.165, 1.54) is 0 Å². The van der Waals surface area contributed by atoms with Crippen molar-refractivity contribution in [1.29, 1.82) is 0 Å². The third-order valence-electron chi connectivity index (χ3n) is 2.32. The Bertz CT molecular complexity index is 438. The zero-order chi connectivity index (χ0) is 13.7. The van der Waals surface area contributed by atoms with Crippen LogP contribution in [0.5, 0.6) is 0 Å². The van der Waals surface area contributed by atoms with Crippen molar-refractivity contribution in [1.82, 2.24) is 5.32 Å². The normalized spacial score (nSPS) is 12.1. The van der Waals surface area contributed by atoms with Gasteiger partial charge in [0.2, 0.25) is 5.91 Å². The average molecular weight is 310 g/mol. The largest absolute Gasteiger partial charge is 0.373 e. The zero-order valence-corrected chi connectivity index (χ0v) is 12.5. The number of hydrogen-bond donors (Lipinski definition) is 2. The minimum Gasteiger partial charge on any atom is -0.373 e. The van der Waals surface area contributed by atoms with Gasteiger partial charge in [0.1, 0.15) is 6.04 Å². The summed E-state index contributed by atoms with van der Waals surface area (Å²) in [6.45, 7) is 4.40. The molecule has 1 rings (SSSR count). The van der Waals surface area contributed by atoms with Gasteiger partial charge in [-0.1, -0.05) is 41.7 Å². The minimum absolute atomic E-state index is 0.0843. The van der Waals surface area contributed by atoms with E-state index in [4.69, 9.17) is 34.8 Å². The lowest BCUT2D eigenvalue weighted by Gasteiger charge is -2.16. The topological polar surface area (TPSA) is 41.1 Å². The fourth-order valence-corrected chi connectivity index (χ4v) is 1.93. The molecule has 100 valence electrons. The fraction of sp³-hybridized carbons (Fsp3) is 0.417. The van der Waals surface area contributed by atoms with Crippen molar-refractivity contribution in [3.63, 3.8) is 0 Å². The summed E-state index contributed by atoms with van der Waals surface area (Å²) in [5, 5.41) is 7.00. The molecule has 1 unspecified atom stereocenters. The first-order chi connectivity index (χ1) is 8.45. The van der Waals surface area contributed by atoms with Crippen LogP contribution in [0, 0.1) is 0 Å². The molecule has 0 spiro atoms. The Morgan fingerprint density at radius 3 is 2.44 bits per heavy atom. The van der Waals surface area contributed by atoms with Crippen LogP contribution in [-0.4, -0.2) is 18.5 Å². The highest BCUT2D eigenvalue weighted by Crippen LogP contribution is 2.32. The summed E-state index contributed by atoms with van der Waals surface area (Å²) in [7, 11) is 0. The Labute approximate surface area is 122 Å². The van der Waals surface area contributed by atoms with Gasteiger partial charge in [-0.15, -0.1) is 0 Å². The van der Waals surface area contributed by atoms with Crippen molar-refractivity contribution in [3.8, 4) is 0 Å². The smallest absolute Gasteiger partial charge is 0.242 e. The van der Waals surface area contributed by atoms with Crippen LogP contribution in [0.15, 0.2) is 12.1 Å². The predicted octanol–water partition coefficient (Wildman–Crippen LogP) is 3.97. The molecule has 0 radical (unpaired) electrons. The Hall–Kier alpha value is -0.640. The van der Waals surface area contributed by atoms with Gasteiger partial charge in [-0.3, -0.25) is 4.79 Å². The van der Waals surface area contributed by atoms with Crippen molar-refractivity contribution in [3.05, 3.63) is 27.2 Å². The number of anilines is 1. The molecular formula is C12H15Cl3N2O. The van der Waals surface area contributed by atoms with E-state index in [-0.39, 0.29) is 5.91 Å². The SMILES string of the molecule is CCCNC(=O)C(C)Nc1cc(Cl)c(Cl)cc1Cl. The van der Waals surface area contributed by atoms with E-state index in [0.29, 0.717) is 27.3 Å². The lowest BCUT2D eigenvalue weighted by Crippen LogP contribution is -2.37. The summed E-state index contributed by atoms with van der Waals surface area (Å²) in [6, 6.07) is 2.76. The van der Waals surface area contributed by atoms with Gasteiger partial charge < -0.3 is 10.6 Å². The van der Waals surface area contributed by atoms with Crippen LogP contribution in [0.3, 0.4) is 0 Å². The number of nitrogens with one attached hydrogen (secondary N) is 2.